The van der Waals surface area contributed by atoms with Gasteiger partial charge < -0.3 is 5.32 Å². The molecule has 2 rings (SSSR count). The average Bonchev–Trinajstić information content (AvgIpc) is 2.42. The van der Waals surface area contributed by atoms with Crippen molar-refractivity contribution in [2.24, 2.45) is 0 Å². The van der Waals surface area contributed by atoms with Crippen molar-refractivity contribution in [3.05, 3.63) is 58.1 Å². The molecule has 0 aromatic heterocycles. The highest BCUT2D eigenvalue weighted by atomic mass is 35.5. The largest absolute Gasteiger partial charge is 0.354 e. The van der Waals surface area contributed by atoms with Gasteiger partial charge in [0.1, 0.15) is 0 Å². The lowest BCUT2D eigenvalue weighted by Gasteiger charge is -2.15. The maximum Gasteiger partial charge on any atom is 0.0992 e. The monoisotopic (exact) mass is 270 g/mol. The number of aryl methyl sites for hydroxylation is 2. The zero-order valence-electron chi connectivity index (χ0n) is 11.0. The second-order valence-corrected chi connectivity index (χ2v) is 4.80. The molecule has 1 N–H and O–H groups in total. The predicted octanol–water partition coefficient (Wildman–Crippen LogP) is 4.83. The molecule has 2 aromatic carbocycles. The molecule has 3 heteroatoms. The van der Waals surface area contributed by atoms with Crippen molar-refractivity contribution in [1.82, 2.24) is 0 Å². The minimum absolute atomic E-state index is 0.560. The predicted molar refractivity (Wildman–Crippen MR) is 80.0 cm³/mol. The molecule has 2 nitrogen and oxygen atoms in total. The van der Waals surface area contributed by atoms with Crippen molar-refractivity contribution >= 4 is 23.0 Å². The van der Waals surface area contributed by atoms with Crippen LogP contribution in [0.1, 0.15) is 23.6 Å². The Morgan fingerprint density at radius 1 is 1.26 bits per heavy atom. The van der Waals surface area contributed by atoms with Gasteiger partial charge in [0, 0.05) is 5.69 Å². The van der Waals surface area contributed by atoms with Gasteiger partial charge in [-0.2, -0.15) is 5.26 Å². The summed E-state index contributed by atoms with van der Waals surface area (Å²) in [6.07, 6.45) is 0.956. The number of anilines is 2. The first kappa shape index (κ1) is 13.5. The Hall–Kier alpha value is -1.98. The summed E-state index contributed by atoms with van der Waals surface area (Å²) in [7, 11) is 0. The summed E-state index contributed by atoms with van der Waals surface area (Å²) >= 11 is 6.19. The summed E-state index contributed by atoms with van der Waals surface area (Å²) in [4.78, 5) is 0. The fraction of sp³-hybridized carbons (Fsp3) is 0.188. The molecular formula is C16H15ClN2. The van der Waals surface area contributed by atoms with E-state index in [-0.39, 0.29) is 0 Å². The highest BCUT2D eigenvalue weighted by Crippen LogP contribution is 2.30. The van der Waals surface area contributed by atoms with E-state index in [0.29, 0.717) is 10.6 Å². The third-order valence-electron chi connectivity index (χ3n) is 3.10. The number of nitrogens with zero attached hydrogens (tertiary/aromatic N) is 1. The Bertz CT molecular complexity index is 642. The summed E-state index contributed by atoms with van der Waals surface area (Å²) in [5.41, 5.74) is 4.91. The maximum absolute atomic E-state index is 8.84. The summed E-state index contributed by atoms with van der Waals surface area (Å²) in [5.74, 6) is 0. The molecule has 19 heavy (non-hydrogen) atoms. The lowest BCUT2D eigenvalue weighted by atomic mass is 10.1. The molecule has 0 radical (unpaired) electrons. The van der Waals surface area contributed by atoms with Crippen molar-refractivity contribution in [2.45, 2.75) is 20.3 Å². The standard InChI is InChI=1S/C16H15ClN2/c1-3-13-6-4-5-11(2)16(13)19-15-8-7-12(10-18)9-14(15)17/h4-9,19H,3H2,1-2H3. The quantitative estimate of drug-likeness (QED) is 0.867. The number of hydrogen-bond acceptors (Lipinski definition) is 2. The lowest BCUT2D eigenvalue weighted by Crippen LogP contribution is -1.98. The number of benzene rings is 2. The van der Waals surface area contributed by atoms with Gasteiger partial charge >= 0.3 is 0 Å². The molecule has 0 saturated carbocycles. The number of rotatable bonds is 3. The van der Waals surface area contributed by atoms with E-state index in [9.17, 15) is 0 Å². The van der Waals surface area contributed by atoms with Crippen LogP contribution in [0.4, 0.5) is 11.4 Å². The lowest BCUT2D eigenvalue weighted by molar-refractivity contribution is 1.13. The van der Waals surface area contributed by atoms with Crippen LogP contribution in [0.25, 0.3) is 0 Å². The van der Waals surface area contributed by atoms with Crippen molar-refractivity contribution < 1.29 is 0 Å². The molecule has 0 fully saturated rings. The first-order valence-electron chi connectivity index (χ1n) is 6.21. The average molecular weight is 271 g/mol. The summed E-state index contributed by atoms with van der Waals surface area (Å²) in [5, 5.41) is 12.8. The molecule has 0 unspecified atom stereocenters. The van der Waals surface area contributed by atoms with Gasteiger partial charge in [-0.15, -0.1) is 0 Å². The van der Waals surface area contributed by atoms with Gasteiger partial charge in [0.15, 0.2) is 0 Å². The van der Waals surface area contributed by atoms with Gasteiger partial charge in [-0.25, -0.2) is 0 Å². The van der Waals surface area contributed by atoms with Crippen molar-refractivity contribution in [1.29, 1.82) is 5.26 Å². The van der Waals surface area contributed by atoms with Gasteiger partial charge in [-0.05, 0) is 42.7 Å². The van der Waals surface area contributed by atoms with Crippen LogP contribution in [0.15, 0.2) is 36.4 Å². The van der Waals surface area contributed by atoms with E-state index < -0.39 is 0 Å². The second-order valence-electron chi connectivity index (χ2n) is 4.39. The number of nitriles is 1. The number of nitrogens with one attached hydrogen (secondary N) is 1. The molecule has 96 valence electrons. The Kier molecular flexibility index (Phi) is 4.09. The molecule has 0 atom stereocenters. The second kappa shape index (κ2) is 5.77. The van der Waals surface area contributed by atoms with Crippen LogP contribution in [-0.2, 0) is 6.42 Å². The Morgan fingerprint density at radius 3 is 2.68 bits per heavy atom. The number of halogens is 1. The van der Waals surface area contributed by atoms with Gasteiger partial charge in [-0.1, -0.05) is 36.7 Å². The zero-order chi connectivity index (χ0) is 13.8. The van der Waals surface area contributed by atoms with Crippen LogP contribution >= 0.6 is 11.6 Å². The summed E-state index contributed by atoms with van der Waals surface area (Å²) < 4.78 is 0. The molecular weight excluding hydrogens is 256 g/mol. The molecule has 0 bridgehead atoms. The first-order valence-corrected chi connectivity index (χ1v) is 6.58. The maximum atomic E-state index is 8.84. The van der Waals surface area contributed by atoms with Crippen LogP contribution in [0, 0.1) is 18.3 Å². The highest BCUT2D eigenvalue weighted by Gasteiger charge is 2.07. The molecule has 2 aromatic rings. The normalized spacial score (nSPS) is 10.0. The number of hydrogen-bond donors (Lipinski definition) is 1. The Morgan fingerprint density at radius 2 is 2.05 bits per heavy atom. The molecule has 0 aliphatic carbocycles. The topological polar surface area (TPSA) is 35.8 Å². The molecule has 0 heterocycles. The van der Waals surface area contributed by atoms with Gasteiger partial charge in [0.05, 0.1) is 22.3 Å². The van der Waals surface area contributed by atoms with E-state index in [1.165, 1.54) is 11.1 Å². The SMILES string of the molecule is CCc1cccc(C)c1Nc1ccc(C#N)cc1Cl. The molecule has 0 amide bonds. The third kappa shape index (κ3) is 2.89. The van der Waals surface area contributed by atoms with E-state index in [2.05, 4.69) is 43.4 Å². The summed E-state index contributed by atoms with van der Waals surface area (Å²) in [6, 6.07) is 13.6. The van der Waals surface area contributed by atoms with E-state index in [1.54, 1.807) is 12.1 Å². The summed E-state index contributed by atoms with van der Waals surface area (Å²) in [6.45, 7) is 4.19. The van der Waals surface area contributed by atoms with Gasteiger partial charge in [-0.3, -0.25) is 0 Å². The smallest absolute Gasteiger partial charge is 0.0992 e. The molecule has 0 saturated heterocycles. The molecule has 0 aliphatic heterocycles. The third-order valence-corrected chi connectivity index (χ3v) is 3.41. The first-order chi connectivity index (χ1) is 9.15. The molecule has 0 aliphatic rings. The van der Waals surface area contributed by atoms with Crippen molar-refractivity contribution in [2.75, 3.05) is 5.32 Å². The van der Waals surface area contributed by atoms with Crippen LogP contribution in [0.5, 0.6) is 0 Å². The fourth-order valence-electron chi connectivity index (χ4n) is 2.02. The van der Waals surface area contributed by atoms with E-state index in [4.69, 9.17) is 16.9 Å². The van der Waals surface area contributed by atoms with Crippen molar-refractivity contribution in [3.63, 3.8) is 0 Å². The Balaban J connectivity index is 2.39. The molecule has 0 spiro atoms. The van der Waals surface area contributed by atoms with E-state index in [1.807, 2.05) is 6.07 Å². The van der Waals surface area contributed by atoms with Crippen LogP contribution in [0.2, 0.25) is 5.02 Å². The van der Waals surface area contributed by atoms with Crippen LogP contribution < -0.4 is 5.32 Å². The minimum Gasteiger partial charge on any atom is -0.354 e. The van der Waals surface area contributed by atoms with Crippen LogP contribution in [0.3, 0.4) is 0 Å². The van der Waals surface area contributed by atoms with E-state index >= 15 is 0 Å². The fourth-order valence-corrected chi connectivity index (χ4v) is 2.25. The Labute approximate surface area is 118 Å². The minimum atomic E-state index is 0.560. The van der Waals surface area contributed by atoms with Crippen LogP contribution in [-0.4, -0.2) is 0 Å². The number of para-hydroxylation sites is 1. The van der Waals surface area contributed by atoms with Gasteiger partial charge in [0.2, 0.25) is 0 Å². The van der Waals surface area contributed by atoms with Gasteiger partial charge in [0.25, 0.3) is 0 Å². The van der Waals surface area contributed by atoms with E-state index in [0.717, 1.165) is 17.8 Å². The zero-order valence-corrected chi connectivity index (χ0v) is 11.8. The highest BCUT2D eigenvalue weighted by molar-refractivity contribution is 6.33. The van der Waals surface area contributed by atoms with Crippen molar-refractivity contribution in [3.8, 4) is 6.07 Å².